The molecule has 0 aromatic carbocycles. The van der Waals surface area contributed by atoms with E-state index in [0.29, 0.717) is 11.4 Å². The molecule has 0 aliphatic heterocycles. The number of aromatic nitrogens is 2. The molecule has 0 fully saturated rings. The number of nitrogen functional groups attached to an aromatic ring is 1. The van der Waals surface area contributed by atoms with Gasteiger partial charge in [0, 0.05) is 0 Å². The third-order valence-corrected chi connectivity index (χ3v) is 2.06. The molecule has 0 saturated carbocycles. The normalized spacial score (nSPS) is 12.8. The van der Waals surface area contributed by atoms with Crippen LogP contribution in [0.5, 0.6) is 0 Å². The number of nitrogens with zero attached hydrogens (tertiary/aromatic N) is 2. The lowest BCUT2D eigenvalue weighted by molar-refractivity contribution is 0.194. The molecule has 2 rings (SSSR count). The van der Waals surface area contributed by atoms with Gasteiger partial charge in [0.05, 0.1) is 18.1 Å². The standard InChI is InChI=1S/C11H12N4O2.C2H6/c12-8-6-13-10(14-7-8)15-11(16)17-9-4-2-1-3-5-9;1-2/h2,4-7H,1,3,12H2,(H,13,14,15,16);1-2H3. The summed E-state index contributed by atoms with van der Waals surface area (Å²) in [4.78, 5) is 19.1. The number of hydrogen-bond donors (Lipinski definition) is 2. The number of carbonyl (C=O) groups excluding carboxylic acids is 1. The highest BCUT2D eigenvalue weighted by Crippen LogP contribution is 2.11. The van der Waals surface area contributed by atoms with Crippen molar-refractivity contribution in [3.05, 3.63) is 36.4 Å². The third-order valence-electron chi connectivity index (χ3n) is 2.06. The van der Waals surface area contributed by atoms with Crippen molar-refractivity contribution in [3.63, 3.8) is 0 Å². The largest absolute Gasteiger partial charge is 0.419 e. The van der Waals surface area contributed by atoms with Crippen LogP contribution in [0.4, 0.5) is 16.4 Å². The molecular weight excluding hydrogens is 244 g/mol. The minimum atomic E-state index is -0.618. The van der Waals surface area contributed by atoms with Crippen LogP contribution in [0, 0.1) is 0 Å². The second-order valence-corrected chi connectivity index (χ2v) is 3.44. The maximum Gasteiger partial charge on any atom is 0.419 e. The van der Waals surface area contributed by atoms with Gasteiger partial charge in [-0.2, -0.15) is 0 Å². The maximum absolute atomic E-state index is 11.4. The van der Waals surface area contributed by atoms with Gasteiger partial charge in [0.25, 0.3) is 0 Å². The van der Waals surface area contributed by atoms with E-state index in [4.69, 9.17) is 10.5 Å². The van der Waals surface area contributed by atoms with E-state index in [1.54, 1.807) is 6.08 Å². The SMILES string of the molecule is CC.Nc1cnc(NC(=O)OC2=CCCC=C2)nc1. The molecule has 0 saturated heterocycles. The molecule has 0 spiro atoms. The highest BCUT2D eigenvalue weighted by Gasteiger charge is 2.08. The molecule has 1 aromatic rings. The van der Waals surface area contributed by atoms with Crippen LogP contribution in [-0.4, -0.2) is 16.1 Å². The van der Waals surface area contributed by atoms with E-state index in [-0.39, 0.29) is 5.95 Å². The number of rotatable bonds is 2. The number of anilines is 2. The van der Waals surface area contributed by atoms with Gasteiger partial charge < -0.3 is 10.5 Å². The fraction of sp³-hybridized carbons (Fsp3) is 0.308. The Morgan fingerprint density at radius 2 is 2.00 bits per heavy atom. The van der Waals surface area contributed by atoms with Gasteiger partial charge in [0.15, 0.2) is 0 Å². The molecule has 1 aliphatic rings. The Morgan fingerprint density at radius 1 is 1.32 bits per heavy atom. The summed E-state index contributed by atoms with van der Waals surface area (Å²) in [5, 5.41) is 2.40. The van der Waals surface area contributed by atoms with Crippen molar-refractivity contribution in [1.29, 1.82) is 0 Å². The molecule has 19 heavy (non-hydrogen) atoms. The van der Waals surface area contributed by atoms with Gasteiger partial charge in [-0.1, -0.05) is 19.9 Å². The van der Waals surface area contributed by atoms with Crippen LogP contribution < -0.4 is 11.1 Å². The molecule has 1 aromatic heterocycles. The highest BCUT2D eigenvalue weighted by atomic mass is 16.6. The van der Waals surface area contributed by atoms with E-state index in [0.717, 1.165) is 12.8 Å². The van der Waals surface area contributed by atoms with E-state index >= 15 is 0 Å². The molecule has 1 amide bonds. The Kier molecular flexibility index (Phi) is 6.08. The Bertz CT molecular complexity index is 466. The minimum Gasteiger partial charge on any atom is -0.410 e. The van der Waals surface area contributed by atoms with Gasteiger partial charge in [-0.25, -0.2) is 14.8 Å². The summed E-state index contributed by atoms with van der Waals surface area (Å²) in [7, 11) is 0. The molecule has 0 atom stereocenters. The zero-order chi connectivity index (χ0) is 14.1. The van der Waals surface area contributed by atoms with E-state index in [2.05, 4.69) is 15.3 Å². The van der Waals surface area contributed by atoms with Gasteiger partial charge >= 0.3 is 6.09 Å². The second-order valence-electron chi connectivity index (χ2n) is 3.44. The predicted octanol–water partition coefficient (Wildman–Crippen LogP) is 2.87. The molecule has 0 bridgehead atoms. The van der Waals surface area contributed by atoms with Gasteiger partial charge in [0.1, 0.15) is 5.76 Å². The maximum atomic E-state index is 11.4. The first-order valence-corrected chi connectivity index (χ1v) is 6.17. The topological polar surface area (TPSA) is 90.1 Å². The molecule has 1 aliphatic carbocycles. The summed E-state index contributed by atoms with van der Waals surface area (Å²) < 4.78 is 5.04. The first-order chi connectivity index (χ1) is 9.24. The van der Waals surface area contributed by atoms with Crippen molar-refractivity contribution < 1.29 is 9.53 Å². The quantitative estimate of drug-likeness (QED) is 0.855. The third kappa shape index (κ3) is 5.20. The monoisotopic (exact) mass is 262 g/mol. The molecule has 3 N–H and O–H groups in total. The molecule has 102 valence electrons. The number of allylic oxidation sites excluding steroid dienone is 3. The van der Waals surface area contributed by atoms with Crippen LogP contribution >= 0.6 is 0 Å². The van der Waals surface area contributed by atoms with Crippen LogP contribution in [0.2, 0.25) is 0 Å². The van der Waals surface area contributed by atoms with E-state index in [9.17, 15) is 4.79 Å². The Balaban J connectivity index is 0.000000861. The van der Waals surface area contributed by atoms with Crippen molar-refractivity contribution in [2.45, 2.75) is 26.7 Å². The van der Waals surface area contributed by atoms with Crippen LogP contribution in [0.3, 0.4) is 0 Å². The first-order valence-electron chi connectivity index (χ1n) is 6.17. The average molecular weight is 262 g/mol. The van der Waals surface area contributed by atoms with E-state index in [1.807, 2.05) is 26.0 Å². The van der Waals surface area contributed by atoms with Crippen LogP contribution in [0.1, 0.15) is 26.7 Å². The summed E-state index contributed by atoms with van der Waals surface area (Å²) in [5.41, 5.74) is 5.85. The molecule has 0 radical (unpaired) electrons. The van der Waals surface area contributed by atoms with Crippen molar-refractivity contribution in [3.8, 4) is 0 Å². The summed E-state index contributed by atoms with van der Waals surface area (Å²) in [6.07, 6.45) is 9.59. The number of ether oxygens (including phenoxy) is 1. The minimum absolute atomic E-state index is 0.157. The van der Waals surface area contributed by atoms with Gasteiger partial charge in [-0.3, -0.25) is 5.32 Å². The fourth-order valence-corrected chi connectivity index (χ4v) is 1.29. The van der Waals surface area contributed by atoms with E-state index in [1.165, 1.54) is 12.4 Å². The Labute approximate surface area is 112 Å². The summed E-state index contributed by atoms with van der Waals surface area (Å²) in [6.45, 7) is 4.00. The van der Waals surface area contributed by atoms with Crippen molar-refractivity contribution >= 4 is 17.7 Å². The van der Waals surface area contributed by atoms with E-state index < -0.39 is 6.09 Å². The highest BCUT2D eigenvalue weighted by molar-refractivity contribution is 5.83. The van der Waals surface area contributed by atoms with Gasteiger partial charge in [-0.15, -0.1) is 0 Å². The van der Waals surface area contributed by atoms with Gasteiger partial charge in [0.2, 0.25) is 5.95 Å². The summed E-state index contributed by atoms with van der Waals surface area (Å²) in [6, 6.07) is 0. The smallest absolute Gasteiger partial charge is 0.410 e. The zero-order valence-electron chi connectivity index (χ0n) is 11.1. The number of nitrogens with two attached hydrogens (primary N) is 1. The molecule has 1 heterocycles. The van der Waals surface area contributed by atoms with Gasteiger partial charge in [-0.05, 0) is 25.0 Å². The average Bonchev–Trinajstić information content (AvgIpc) is 2.45. The number of nitrogens with one attached hydrogen (secondary N) is 1. The molecular formula is C13H18N4O2. The number of amides is 1. The van der Waals surface area contributed by atoms with Crippen LogP contribution in [0.15, 0.2) is 36.4 Å². The summed E-state index contributed by atoms with van der Waals surface area (Å²) >= 11 is 0. The zero-order valence-corrected chi connectivity index (χ0v) is 11.1. The lowest BCUT2D eigenvalue weighted by Gasteiger charge is -2.08. The molecule has 6 nitrogen and oxygen atoms in total. The van der Waals surface area contributed by atoms with Crippen molar-refractivity contribution in [1.82, 2.24) is 9.97 Å². The second kappa shape index (κ2) is 7.86. The Morgan fingerprint density at radius 3 is 2.58 bits per heavy atom. The lowest BCUT2D eigenvalue weighted by Crippen LogP contribution is -2.15. The first kappa shape index (κ1) is 14.7. The lowest BCUT2D eigenvalue weighted by atomic mass is 10.2. The predicted molar refractivity (Wildman–Crippen MR) is 74.4 cm³/mol. The van der Waals surface area contributed by atoms with Crippen LogP contribution in [0.25, 0.3) is 0 Å². The number of hydrogen-bond acceptors (Lipinski definition) is 5. The molecule has 0 unspecified atom stereocenters. The molecule has 6 heteroatoms. The van der Waals surface area contributed by atoms with Crippen molar-refractivity contribution in [2.24, 2.45) is 0 Å². The summed E-state index contributed by atoms with van der Waals surface area (Å²) in [5.74, 6) is 0.689. The van der Waals surface area contributed by atoms with Crippen molar-refractivity contribution in [2.75, 3.05) is 11.1 Å². The number of carbonyl (C=O) groups is 1. The fourth-order valence-electron chi connectivity index (χ4n) is 1.29. The Hall–Kier alpha value is -2.37. The van der Waals surface area contributed by atoms with Crippen LogP contribution in [-0.2, 0) is 4.74 Å².